The van der Waals surface area contributed by atoms with Crippen molar-refractivity contribution >= 4 is 28.4 Å². The van der Waals surface area contributed by atoms with Crippen molar-refractivity contribution in [1.29, 1.82) is 0 Å². The maximum Gasteiger partial charge on any atom is 0.296 e. The van der Waals surface area contributed by atoms with Gasteiger partial charge in [-0.25, -0.2) is 0 Å². The summed E-state index contributed by atoms with van der Waals surface area (Å²) in [7, 11) is 4.62. The Bertz CT molecular complexity index is 1020. The predicted molar refractivity (Wildman–Crippen MR) is 124 cm³/mol. The first-order valence-electron chi connectivity index (χ1n) is 9.72. The largest absolute Gasteiger partial charge is 0.497 e. The van der Waals surface area contributed by atoms with Crippen molar-refractivity contribution in [2.75, 3.05) is 32.0 Å². The van der Waals surface area contributed by atoms with E-state index in [4.69, 9.17) is 14.2 Å². The van der Waals surface area contributed by atoms with E-state index in [9.17, 15) is 10.1 Å². The van der Waals surface area contributed by atoms with Crippen LogP contribution in [0.25, 0.3) is 0 Å². The minimum atomic E-state index is -0.458. The normalized spacial score (nSPS) is 9.71. The first-order valence-corrected chi connectivity index (χ1v) is 9.72. The molecule has 0 saturated heterocycles. The zero-order valence-corrected chi connectivity index (χ0v) is 18.3. The third-order valence-corrected chi connectivity index (χ3v) is 4.25. The van der Waals surface area contributed by atoms with E-state index < -0.39 is 4.92 Å². The molecule has 0 saturated carbocycles. The number of nitrogens with one attached hydrogen (secondary N) is 2. The molecule has 0 unspecified atom stereocenters. The molecule has 0 aromatic heterocycles. The molecule has 3 rings (SSSR count). The molecule has 3 aromatic carbocycles. The molecule has 164 valence electrons. The van der Waals surface area contributed by atoms with Gasteiger partial charge in [-0.2, -0.15) is 0 Å². The molecule has 0 amide bonds. The minimum Gasteiger partial charge on any atom is -0.497 e. The van der Waals surface area contributed by atoms with Crippen LogP contribution in [0.15, 0.2) is 60.7 Å². The van der Waals surface area contributed by atoms with Crippen LogP contribution in [0.5, 0.6) is 17.2 Å². The van der Waals surface area contributed by atoms with Gasteiger partial charge in [0, 0.05) is 17.8 Å². The lowest BCUT2D eigenvalue weighted by Crippen LogP contribution is -2.01. The maximum absolute atomic E-state index is 11.5. The van der Waals surface area contributed by atoms with E-state index in [1.807, 2.05) is 44.2 Å². The highest BCUT2D eigenvalue weighted by Crippen LogP contribution is 2.36. The molecule has 8 nitrogen and oxygen atoms in total. The predicted octanol–water partition coefficient (Wildman–Crippen LogP) is 6.13. The lowest BCUT2D eigenvalue weighted by Gasteiger charge is -2.16. The van der Waals surface area contributed by atoms with E-state index in [-0.39, 0.29) is 5.69 Å². The van der Waals surface area contributed by atoms with Crippen LogP contribution in [-0.4, -0.2) is 26.3 Å². The van der Waals surface area contributed by atoms with Crippen LogP contribution in [0.2, 0.25) is 0 Å². The summed E-state index contributed by atoms with van der Waals surface area (Å²) >= 11 is 0. The Hall–Kier alpha value is -3.94. The van der Waals surface area contributed by atoms with Gasteiger partial charge in [0.2, 0.25) is 0 Å². The van der Waals surface area contributed by atoms with Crippen molar-refractivity contribution in [2.45, 2.75) is 13.8 Å². The van der Waals surface area contributed by atoms with Gasteiger partial charge in [-0.05, 0) is 36.4 Å². The van der Waals surface area contributed by atoms with Gasteiger partial charge in [-0.1, -0.05) is 19.9 Å². The highest BCUT2D eigenvalue weighted by atomic mass is 16.6. The Morgan fingerprint density at radius 1 is 0.710 bits per heavy atom. The first-order chi connectivity index (χ1) is 15.0. The number of hydrogen-bond acceptors (Lipinski definition) is 7. The van der Waals surface area contributed by atoms with Crippen molar-refractivity contribution < 1.29 is 19.1 Å². The number of ether oxygens (including phenoxy) is 3. The summed E-state index contributed by atoms with van der Waals surface area (Å²) in [4.78, 5) is 11.0. The summed E-state index contributed by atoms with van der Waals surface area (Å²) in [5, 5.41) is 17.9. The van der Waals surface area contributed by atoms with E-state index in [0.717, 1.165) is 5.69 Å². The van der Waals surface area contributed by atoms with Gasteiger partial charge in [-0.15, -0.1) is 0 Å². The smallest absolute Gasteiger partial charge is 0.296 e. The van der Waals surface area contributed by atoms with Crippen LogP contribution in [-0.2, 0) is 0 Å². The first kappa shape index (κ1) is 23.3. The third-order valence-electron chi connectivity index (χ3n) is 4.25. The number of anilines is 4. The van der Waals surface area contributed by atoms with Gasteiger partial charge < -0.3 is 24.8 Å². The number of nitro benzene ring substituents is 1. The van der Waals surface area contributed by atoms with E-state index in [1.165, 1.54) is 13.2 Å². The summed E-state index contributed by atoms with van der Waals surface area (Å²) in [5.41, 5.74) is 2.36. The minimum absolute atomic E-state index is 0.0977. The van der Waals surface area contributed by atoms with E-state index in [1.54, 1.807) is 38.5 Å². The second-order valence-corrected chi connectivity index (χ2v) is 6.03. The third kappa shape index (κ3) is 6.02. The Morgan fingerprint density at radius 2 is 1.29 bits per heavy atom. The van der Waals surface area contributed by atoms with E-state index in [2.05, 4.69) is 10.6 Å². The Morgan fingerprint density at radius 3 is 1.90 bits per heavy atom. The molecule has 0 bridgehead atoms. The number of nitrogens with zero attached hydrogens (tertiary/aromatic N) is 1. The fraction of sp³-hybridized carbons (Fsp3) is 0.217. The summed E-state index contributed by atoms with van der Waals surface area (Å²) in [6.07, 6.45) is 0. The van der Waals surface area contributed by atoms with Crippen LogP contribution >= 0.6 is 0 Å². The highest BCUT2D eigenvalue weighted by molar-refractivity contribution is 5.82. The molecule has 0 spiro atoms. The Labute approximate surface area is 181 Å². The van der Waals surface area contributed by atoms with Gasteiger partial charge in [0.25, 0.3) is 5.69 Å². The quantitative estimate of drug-likeness (QED) is 0.331. The highest BCUT2D eigenvalue weighted by Gasteiger charge is 2.17. The van der Waals surface area contributed by atoms with Gasteiger partial charge in [0.05, 0.1) is 43.7 Å². The van der Waals surface area contributed by atoms with Crippen LogP contribution in [0.4, 0.5) is 28.4 Å². The number of benzene rings is 3. The molecule has 2 N–H and O–H groups in total. The number of hydrogen-bond donors (Lipinski definition) is 2. The van der Waals surface area contributed by atoms with Gasteiger partial charge >= 0.3 is 0 Å². The fourth-order valence-corrected chi connectivity index (χ4v) is 2.76. The zero-order chi connectivity index (χ0) is 22.8. The van der Waals surface area contributed by atoms with Gasteiger partial charge in [-0.3, -0.25) is 10.1 Å². The molecule has 0 heterocycles. The molecule has 0 radical (unpaired) electrons. The SMILES string of the molecule is CC.COc1cccc(Nc2ccc(OC)cc2Nc2ccc(OC)cc2[N+](=O)[O-])c1. The second-order valence-electron chi connectivity index (χ2n) is 6.03. The van der Waals surface area contributed by atoms with Gasteiger partial charge in [0.1, 0.15) is 22.9 Å². The van der Waals surface area contributed by atoms with Crippen molar-refractivity contribution in [3.05, 3.63) is 70.8 Å². The topological polar surface area (TPSA) is 94.9 Å². The summed E-state index contributed by atoms with van der Waals surface area (Å²) in [5.74, 6) is 1.73. The average Bonchev–Trinajstić information content (AvgIpc) is 2.81. The van der Waals surface area contributed by atoms with E-state index >= 15 is 0 Å². The number of methoxy groups -OCH3 is 3. The molecular weight excluding hydrogens is 398 g/mol. The number of rotatable bonds is 8. The fourth-order valence-electron chi connectivity index (χ4n) is 2.76. The maximum atomic E-state index is 11.5. The van der Waals surface area contributed by atoms with E-state index in [0.29, 0.717) is 34.3 Å². The van der Waals surface area contributed by atoms with Crippen molar-refractivity contribution in [3.63, 3.8) is 0 Å². The lowest BCUT2D eigenvalue weighted by atomic mass is 10.2. The molecule has 0 aliphatic heterocycles. The van der Waals surface area contributed by atoms with Gasteiger partial charge in [0.15, 0.2) is 0 Å². The monoisotopic (exact) mass is 425 g/mol. The van der Waals surface area contributed by atoms with Crippen molar-refractivity contribution in [1.82, 2.24) is 0 Å². The summed E-state index contributed by atoms with van der Waals surface area (Å²) in [6, 6.07) is 17.5. The molecule has 0 aliphatic carbocycles. The standard InChI is InChI=1S/C21H21N3O5.C2H6/c1-27-15-6-4-5-14(11-15)22-18-9-7-16(28-2)12-20(18)23-19-10-8-17(29-3)13-21(19)24(25)26;1-2/h4-13,22-23H,1-3H3;1-2H3. The molecule has 8 heteroatoms. The van der Waals surface area contributed by atoms with Crippen molar-refractivity contribution in [2.24, 2.45) is 0 Å². The zero-order valence-electron chi connectivity index (χ0n) is 18.3. The molecular formula is C23H27N3O5. The second kappa shape index (κ2) is 11.3. The molecule has 0 aliphatic rings. The van der Waals surface area contributed by atoms with Crippen LogP contribution in [0.3, 0.4) is 0 Å². The molecule has 0 atom stereocenters. The molecule has 3 aromatic rings. The Kier molecular flexibility index (Phi) is 8.51. The molecule has 0 fully saturated rings. The van der Waals surface area contributed by atoms with Crippen LogP contribution < -0.4 is 24.8 Å². The van der Waals surface area contributed by atoms with Crippen LogP contribution in [0, 0.1) is 10.1 Å². The summed E-state index contributed by atoms with van der Waals surface area (Å²) in [6.45, 7) is 4.00. The van der Waals surface area contributed by atoms with Crippen LogP contribution in [0.1, 0.15) is 13.8 Å². The summed E-state index contributed by atoms with van der Waals surface area (Å²) < 4.78 is 15.7. The number of nitro groups is 1. The lowest BCUT2D eigenvalue weighted by molar-refractivity contribution is -0.384. The van der Waals surface area contributed by atoms with Crippen molar-refractivity contribution in [3.8, 4) is 17.2 Å². The Balaban J connectivity index is 0.00000166. The molecule has 31 heavy (non-hydrogen) atoms. The average molecular weight is 425 g/mol.